The highest BCUT2D eigenvalue weighted by Gasteiger charge is 2.15. The van der Waals surface area contributed by atoms with E-state index in [2.05, 4.69) is 146 Å². The van der Waals surface area contributed by atoms with Gasteiger partial charge in [-0.1, -0.05) is 158 Å². The molecule has 0 saturated heterocycles. The minimum Gasteiger partial charge on any atom is -0.208 e. The largest absolute Gasteiger partial charge is 0.208 e. The van der Waals surface area contributed by atoms with Crippen LogP contribution in [0.3, 0.4) is 0 Å². The molecule has 0 amide bonds. The summed E-state index contributed by atoms with van der Waals surface area (Å²) in [5.41, 5.74) is 7.73. The third-order valence-corrected chi connectivity index (χ3v) is 9.09. The van der Waals surface area contributed by atoms with Crippen molar-refractivity contribution < 1.29 is 0 Å². The lowest BCUT2D eigenvalue weighted by atomic mass is 9.94. The first-order chi connectivity index (χ1) is 23.8. The van der Waals surface area contributed by atoms with E-state index in [1.807, 2.05) is 30.3 Å². The summed E-state index contributed by atoms with van der Waals surface area (Å²) in [6.07, 6.45) is 0. The molecule has 0 spiro atoms. The van der Waals surface area contributed by atoms with Crippen molar-refractivity contribution in [3.8, 4) is 56.4 Å². The number of nitrogens with zero attached hydrogens (tertiary/aromatic N) is 3. The van der Waals surface area contributed by atoms with Crippen molar-refractivity contribution >= 4 is 32.3 Å². The number of fused-ring (bicyclic) bond motifs is 3. The Balaban J connectivity index is 1.12. The second-order valence-corrected chi connectivity index (χ2v) is 12.1. The van der Waals surface area contributed by atoms with Gasteiger partial charge in [0.25, 0.3) is 0 Å². The zero-order chi connectivity index (χ0) is 31.9. The van der Waals surface area contributed by atoms with E-state index in [-0.39, 0.29) is 0 Å². The Morgan fingerprint density at radius 2 is 0.729 bits per heavy atom. The molecule has 48 heavy (non-hydrogen) atoms. The van der Waals surface area contributed by atoms with Crippen LogP contribution in [0.4, 0.5) is 0 Å². The molecule has 0 radical (unpaired) electrons. The third-order valence-electron chi connectivity index (χ3n) is 9.09. The highest BCUT2D eigenvalue weighted by atomic mass is 15.0. The number of rotatable bonds is 5. The molecule has 0 aliphatic carbocycles. The van der Waals surface area contributed by atoms with Gasteiger partial charge in [0, 0.05) is 16.7 Å². The van der Waals surface area contributed by atoms with Crippen LogP contribution in [0.2, 0.25) is 0 Å². The minimum absolute atomic E-state index is 0.653. The molecule has 1 aromatic heterocycles. The number of benzene rings is 8. The van der Waals surface area contributed by atoms with E-state index in [1.165, 1.54) is 38.4 Å². The second-order valence-electron chi connectivity index (χ2n) is 12.1. The molecule has 0 atom stereocenters. The molecule has 0 unspecified atom stereocenters. The van der Waals surface area contributed by atoms with Crippen molar-refractivity contribution in [2.45, 2.75) is 0 Å². The van der Waals surface area contributed by atoms with Gasteiger partial charge in [0.1, 0.15) is 0 Å². The molecule has 3 heteroatoms. The van der Waals surface area contributed by atoms with E-state index in [9.17, 15) is 0 Å². The molecule has 0 fully saturated rings. The highest BCUT2D eigenvalue weighted by molar-refractivity contribution is 5.98. The number of hydrogen-bond acceptors (Lipinski definition) is 3. The zero-order valence-electron chi connectivity index (χ0n) is 26.1. The Bertz CT molecular complexity index is 2610. The molecule has 1 heterocycles. The molecule has 0 bridgehead atoms. The molecule has 0 aliphatic heterocycles. The van der Waals surface area contributed by atoms with Crippen LogP contribution in [0.5, 0.6) is 0 Å². The van der Waals surface area contributed by atoms with Crippen LogP contribution >= 0.6 is 0 Å². The summed E-state index contributed by atoms with van der Waals surface area (Å²) in [4.78, 5) is 15.0. The lowest BCUT2D eigenvalue weighted by Gasteiger charge is -2.11. The molecule has 224 valence electrons. The topological polar surface area (TPSA) is 38.7 Å². The van der Waals surface area contributed by atoms with Crippen molar-refractivity contribution in [3.05, 3.63) is 176 Å². The maximum absolute atomic E-state index is 5.06. The quantitative estimate of drug-likeness (QED) is 0.194. The molecule has 3 nitrogen and oxygen atoms in total. The van der Waals surface area contributed by atoms with E-state index in [4.69, 9.17) is 15.0 Å². The Morgan fingerprint density at radius 3 is 1.48 bits per heavy atom. The van der Waals surface area contributed by atoms with Crippen LogP contribution in [0.25, 0.3) is 88.7 Å². The first-order valence-corrected chi connectivity index (χ1v) is 16.2. The standard InChI is InChI=1S/C45H29N3/c1-2-13-32(14-3-1)43-46-44(48-45(47-43)42-22-10-16-31-12-5-7-20-40(31)42)38-26-25-35-27-34(23-24-36(35)29-38)33-17-8-18-37(28-33)41-21-9-15-30-11-4-6-19-39(30)41/h1-29H. The third kappa shape index (κ3) is 5.08. The van der Waals surface area contributed by atoms with Gasteiger partial charge >= 0.3 is 0 Å². The van der Waals surface area contributed by atoms with Gasteiger partial charge in [-0.15, -0.1) is 0 Å². The smallest absolute Gasteiger partial charge is 0.164 e. The summed E-state index contributed by atoms with van der Waals surface area (Å²) in [6, 6.07) is 61.8. The Kier molecular flexibility index (Phi) is 6.80. The molecule has 0 N–H and O–H groups in total. The Morgan fingerprint density at radius 1 is 0.250 bits per heavy atom. The monoisotopic (exact) mass is 611 g/mol. The van der Waals surface area contributed by atoms with Crippen LogP contribution in [0.1, 0.15) is 0 Å². The molecule has 9 rings (SSSR count). The summed E-state index contributed by atoms with van der Waals surface area (Å²) in [5, 5.41) is 7.09. The Labute approximate surface area is 278 Å². The van der Waals surface area contributed by atoms with Crippen LogP contribution < -0.4 is 0 Å². The summed E-state index contributed by atoms with van der Waals surface area (Å²) in [7, 11) is 0. The molecular weight excluding hydrogens is 583 g/mol. The average Bonchev–Trinajstić information content (AvgIpc) is 3.17. The molecule has 9 aromatic rings. The lowest BCUT2D eigenvalue weighted by molar-refractivity contribution is 1.08. The summed E-state index contributed by atoms with van der Waals surface area (Å²) < 4.78 is 0. The predicted molar refractivity (Wildman–Crippen MR) is 200 cm³/mol. The van der Waals surface area contributed by atoms with Gasteiger partial charge in [-0.3, -0.25) is 0 Å². The molecular formula is C45H29N3. The molecule has 0 aliphatic rings. The van der Waals surface area contributed by atoms with E-state index >= 15 is 0 Å². The number of hydrogen-bond donors (Lipinski definition) is 0. The number of aromatic nitrogens is 3. The van der Waals surface area contributed by atoms with Crippen molar-refractivity contribution in [1.29, 1.82) is 0 Å². The van der Waals surface area contributed by atoms with Gasteiger partial charge < -0.3 is 0 Å². The van der Waals surface area contributed by atoms with Crippen LogP contribution in [0, 0.1) is 0 Å². The van der Waals surface area contributed by atoms with E-state index in [0.717, 1.165) is 32.8 Å². The SMILES string of the molecule is c1ccc(-c2nc(-c3ccc4cc(-c5cccc(-c6cccc7ccccc67)c5)ccc4c3)nc(-c3cccc4ccccc34)n2)cc1. The van der Waals surface area contributed by atoms with Crippen LogP contribution in [0.15, 0.2) is 176 Å². The van der Waals surface area contributed by atoms with Gasteiger partial charge in [0.2, 0.25) is 0 Å². The lowest BCUT2D eigenvalue weighted by Crippen LogP contribution is -2.00. The van der Waals surface area contributed by atoms with Gasteiger partial charge in [-0.25, -0.2) is 15.0 Å². The van der Waals surface area contributed by atoms with E-state index < -0.39 is 0 Å². The van der Waals surface area contributed by atoms with Crippen molar-refractivity contribution in [2.24, 2.45) is 0 Å². The molecule has 8 aromatic carbocycles. The first-order valence-electron chi connectivity index (χ1n) is 16.2. The van der Waals surface area contributed by atoms with Crippen molar-refractivity contribution in [1.82, 2.24) is 15.0 Å². The van der Waals surface area contributed by atoms with Gasteiger partial charge in [-0.2, -0.15) is 0 Å². The fourth-order valence-electron chi connectivity index (χ4n) is 6.67. The predicted octanol–water partition coefficient (Wildman–Crippen LogP) is 11.7. The summed E-state index contributed by atoms with van der Waals surface area (Å²) >= 11 is 0. The average molecular weight is 612 g/mol. The second kappa shape index (κ2) is 11.7. The first kappa shape index (κ1) is 27.8. The highest BCUT2D eigenvalue weighted by Crippen LogP contribution is 2.34. The van der Waals surface area contributed by atoms with Crippen molar-refractivity contribution in [3.63, 3.8) is 0 Å². The van der Waals surface area contributed by atoms with Gasteiger partial charge in [-0.05, 0) is 72.8 Å². The molecule has 0 saturated carbocycles. The van der Waals surface area contributed by atoms with E-state index in [0.29, 0.717) is 17.5 Å². The van der Waals surface area contributed by atoms with Crippen LogP contribution in [-0.4, -0.2) is 15.0 Å². The van der Waals surface area contributed by atoms with Crippen molar-refractivity contribution in [2.75, 3.05) is 0 Å². The van der Waals surface area contributed by atoms with Gasteiger partial charge in [0.05, 0.1) is 0 Å². The van der Waals surface area contributed by atoms with Crippen LogP contribution in [-0.2, 0) is 0 Å². The maximum atomic E-state index is 5.06. The Hall–Kier alpha value is -6.45. The fourth-order valence-corrected chi connectivity index (χ4v) is 6.67. The summed E-state index contributed by atoms with van der Waals surface area (Å²) in [6.45, 7) is 0. The summed E-state index contributed by atoms with van der Waals surface area (Å²) in [5.74, 6) is 1.97. The minimum atomic E-state index is 0.653. The van der Waals surface area contributed by atoms with Gasteiger partial charge in [0.15, 0.2) is 17.5 Å². The maximum Gasteiger partial charge on any atom is 0.164 e. The normalized spacial score (nSPS) is 11.3. The van der Waals surface area contributed by atoms with E-state index in [1.54, 1.807) is 0 Å². The fraction of sp³-hybridized carbons (Fsp3) is 0. The zero-order valence-corrected chi connectivity index (χ0v) is 26.1.